The van der Waals surface area contributed by atoms with Crippen LogP contribution in [0.3, 0.4) is 0 Å². The summed E-state index contributed by atoms with van der Waals surface area (Å²) in [5.74, 6) is 0.721. The number of thioether (sulfide) groups is 1. The van der Waals surface area contributed by atoms with Gasteiger partial charge in [-0.2, -0.15) is 4.68 Å². The van der Waals surface area contributed by atoms with Gasteiger partial charge in [-0.1, -0.05) is 85.4 Å². The number of nitrogens with two attached hydrogens (primary N) is 1. The van der Waals surface area contributed by atoms with Gasteiger partial charge in [-0.25, -0.2) is 0 Å². The zero-order valence-electron chi connectivity index (χ0n) is 20.0. The van der Waals surface area contributed by atoms with E-state index in [2.05, 4.69) is 22.4 Å². The molecule has 3 N–H and O–H groups in total. The number of aromatic nitrogens is 4. The minimum atomic E-state index is -0.522. The summed E-state index contributed by atoms with van der Waals surface area (Å²) in [6.45, 7) is 2.64. The SMILES string of the molecule is CC1C(CSc2nnnn2-c2ccccc2)OC(c2ccc(CN)cc2)OC1c1ccc(CO)cc1. The molecule has 3 aromatic carbocycles. The maximum Gasteiger partial charge on any atom is 0.214 e. The van der Waals surface area contributed by atoms with Crippen LogP contribution < -0.4 is 5.73 Å². The summed E-state index contributed by atoms with van der Waals surface area (Å²) in [5, 5.41) is 22.4. The normalized spacial score (nSPS) is 22.0. The lowest BCUT2D eigenvalue weighted by Crippen LogP contribution is -2.38. The second kappa shape index (κ2) is 11.3. The van der Waals surface area contributed by atoms with Gasteiger partial charge in [-0.3, -0.25) is 0 Å². The van der Waals surface area contributed by atoms with E-state index < -0.39 is 6.29 Å². The second-order valence-corrected chi connectivity index (χ2v) is 9.77. The highest BCUT2D eigenvalue weighted by Crippen LogP contribution is 2.43. The largest absolute Gasteiger partial charge is 0.392 e. The van der Waals surface area contributed by atoms with E-state index in [0.717, 1.165) is 27.9 Å². The maximum atomic E-state index is 9.45. The molecule has 1 aromatic heterocycles. The van der Waals surface area contributed by atoms with Gasteiger partial charge >= 0.3 is 0 Å². The zero-order valence-corrected chi connectivity index (χ0v) is 20.8. The molecule has 2 heterocycles. The summed E-state index contributed by atoms with van der Waals surface area (Å²) < 4.78 is 14.8. The first-order valence-corrected chi connectivity index (χ1v) is 12.9. The third kappa shape index (κ3) is 5.35. The molecular formula is C27H29N5O3S. The van der Waals surface area contributed by atoms with Crippen molar-refractivity contribution < 1.29 is 14.6 Å². The quantitative estimate of drug-likeness (QED) is 0.345. The molecule has 4 unspecified atom stereocenters. The Hall–Kier alpha value is -3.08. The minimum Gasteiger partial charge on any atom is -0.392 e. The molecule has 1 aliphatic rings. The van der Waals surface area contributed by atoms with E-state index in [-0.39, 0.29) is 24.7 Å². The molecule has 186 valence electrons. The lowest BCUT2D eigenvalue weighted by atomic mass is 9.91. The van der Waals surface area contributed by atoms with Gasteiger partial charge in [0.15, 0.2) is 6.29 Å². The van der Waals surface area contributed by atoms with Crippen LogP contribution in [-0.4, -0.2) is 37.2 Å². The van der Waals surface area contributed by atoms with Crippen LogP contribution in [0.15, 0.2) is 84.0 Å². The van der Waals surface area contributed by atoms with Crippen LogP contribution in [0.4, 0.5) is 0 Å². The van der Waals surface area contributed by atoms with E-state index in [4.69, 9.17) is 15.2 Å². The van der Waals surface area contributed by atoms with E-state index in [1.807, 2.05) is 78.9 Å². The molecule has 0 saturated carbocycles. The monoisotopic (exact) mass is 503 g/mol. The highest BCUT2D eigenvalue weighted by atomic mass is 32.2. The third-order valence-corrected chi connectivity index (χ3v) is 7.44. The average Bonchev–Trinajstić information content (AvgIpc) is 3.42. The number of benzene rings is 3. The van der Waals surface area contributed by atoms with E-state index in [1.165, 1.54) is 0 Å². The predicted molar refractivity (Wildman–Crippen MR) is 137 cm³/mol. The van der Waals surface area contributed by atoms with Crippen molar-refractivity contribution in [3.8, 4) is 5.69 Å². The van der Waals surface area contributed by atoms with E-state index in [9.17, 15) is 5.11 Å². The molecule has 0 aliphatic carbocycles. The van der Waals surface area contributed by atoms with Gasteiger partial charge in [-0.05, 0) is 39.2 Å². The smallest absolute Gasteiger partial charge is 0.214 e. The molecule has 36 heavy (non-hydrogen) atoms. The molecule has 4 atom stereocenters. The number of rotatable bonds is 8. The maximum absolute atomic E-state index is 9.45. The fourth-order valence-corrected chi connectivity index (χ4v) is 5.33. The fourth-order valence-electron chi connectivity index (χ4n) is 4.28. The molecule has 0 radical (unpaired) electrons. The van der Waals surface area contributed by atoms with Crippen LogP contribution >= 0.6 is 11.8 Å². The summed E-state index contributed by atoms with van der Waals surface area (Å²) in [6.07, 6.45) is -0.820. The van der Waals surface area contributed by atoms with Crippen molar-refractivity contribution in [1.29, 1.82) is 0 Å². The Balaban J connectivity index is 1.39. The van der Waals surface area contributed by atoms with Gasteiger partial charge in [0.25, 0.3) is 0 Å². The molecule has 1 aliphatic heterocycles. The molecule has 0 amide bonds. The molecule has 0 bridgehead atoms. The van der Waals surface area contributed by atoms with Gasteiger partial charge in [-0.15, -0.1) is 5.10 Å². The first-order chi connectivity index (χ1) is 17.7. The number of hydrogen-bond donors (Lipinski definition) is 2. The van der Waals surface area contributed by atoms with Crippen LogP contribution in [0.25, 0.3) is 5.69 Å². The van der Waals surface area contributed by atoms with Gasteiger partial charge in [0.1, 0.15) is 0 Å². The fraction of sp³-hybridized carbons (Fsp3) is 0.296. The number of nitrogens with zero attached hydrogens (tertiary/aromatic N) is 4. The van der Waals surface area contributed by atoms with Gasteiger partial charge in [0.05, 0.1) is 24.5 Å². The van der Waals surface area contributed by atoms with Crippen molar-refractivity contribution >= 4 is 11.8 Å². The number of aliphatic hydroxyl groups is 1. The molecule has 8 nitrogen and oxygen atoms in total. The standard InChI is InChI=1S/C27H29N5O3S/c1-18-24(17-36-27-29-30-31-32(27)23-5-3-2-4-6-23)34-26(22-13-7-19(15-28)8-14-22)35-25(18)21-11-9-20(16-33)10-12-21/h2-14,18,24-26,33H,15-17,28H2,1H3. The van der Waals surface area contributed by atoms with Crippen molar-refractivity contribution in [2.75, 3.05) is 5.75 Å². The Morgan fingerprint density at radius 3 is 2.31 bits per heavy atom. The lowest BCUT2D eigenvalue weighted by Gasteiger charge is -2.41. The Morgan fingerprint density at radius 2 is 1.61 bits per heavy atom. The van der Waals surface area contributed by atoms with Crippen LogP contribution in [0.2, 0.25) is 0 Å². The molecule has 0 spiro atoms. The number of tetrazole rings is 1. The molecular weight excluding hydrogens is 474 g/mol. The van der Waals surface area contributed by atoms with Crippen molar-refractivity contribution in [3.63, 3.8) is 0 Å². The molecule has 1 fully saturated rings. The van der Waals surface area contributed by atoms with E-state index in [1.54, 1.807) is 16.4 Å². The second-order valence-electron chi connectivity index (χ2n) is 8.79. The van der Waals surface area contributed by atoms with Gasteiger partial charge < -0.3 is 20.3 Å². The lowest BCUT2D eigenvalue weighted by molar-refractivity contribution is -0.268. The zero-order chi connectivity index (χ0) is 24.9. The Bertz CT molecular complexity index is 1250. The first kappa shape index (κ1) is 24.6. The van der Waals surface area contributed by atoms with Crippen molar-refractivity contribution in [3.05, 3.63) is 101 Å². The average molecular weight is 504 g/mol. The van der Waals surface area contributed by atoms with E-state index >= 15 is 0 Å². The summed E-state index contributed by atoms with van der Waals surface area (Å²) in [4.78, 5) is 0. The highest BCUT2D eigenvalue weighted by Gasteiger charge is 2.38. The molecule has 1 saturated heterocycles. The van der Waals surface area contributed by atoms with Crippen LogP contribution in [0.5, 0.6) is 0 Å². The molecule has 9 heteroatoms. The van der Waals surface area contributed by atoms with Crippen molar-refractivity contribution in [1.82, 2.24) is 20.2 Å². The predicted octanol–water partition coefficient (Wildman–Crippen LogP) is 4.20. The topological polar surface area (TPSA) is 108 Å². The van der Waals surface area contributed by atoms with Crippen LogP contribution in [0, 0.1) is 5.92 Å². The summed E-state index contributed by atoms with van der Waals surface area (Å²) in [5.41, 5.74) is 10.6. The Labute approximate surface area is 214 Å². The minimum absolute atomic E-state index is 0.00990. The Morgan fingerprint density at radius 1 is 0.917 bits per heavy atom. The number of para-hydroxylation sites is 1. The summed E-state index contributed by atoms with van der Waals surface area (Å²) in [7, 11) is 0. The number of hydrogen-bond acceptors (Lipinski definition) is 8. The van der Waals surface area contributed by atoms with E-state index in [0.29, 0.717) is 17.5 Å². The summed E-state index contributed by atoms with van der Waals surface area (Å²) >= 11 is 1.56. The number of ether oxygens (including phenoxy) is 2. The third-order valence-electron chi connectivity index (χ3n) is 6.43. The van der Waals surface area contributed by atoms with Gasteiger partial charge in [0.2, 0.25) is 5.16 Å². The first-order valence-electron chi connectivity index (χ1n) is 11.9. The van der Waals surface area contributed by atoms with Crippen LogP contribution in [0.1, 0.15) is 41.6 Å². The van der Waals surface area contributed by atoms with Crippen LogP contribution in [-0.2, 0) is 22.6 Å². The molecule has 5 rings (SSSR count). The Kier molecular flexibility index (Phi) is 7.74. The van der Waals surface area contributed by atoms with Gasteiger partial charge in [0, 0.05) is 23.8 Å². The molecule has 4 aromatic rings. The van der Waals surface area contributed by atoms with Crippen molar-refractivity contribution in [2.24, 2.45) is 11.7 Å². The summed E-state index contributed by atoms with van der Waals surface area (Å²) in [6, 6.07) is 25.8. The highest BCUT2D eigenvalue weighted by molar-refractivity contribution is 7.99. The number of aliphatic hydroxyl groups excluding tert-OH is 1. The van der Waals surface area contributed by atoms with Crippen molar-refractivity contribution in [2.45, 2.75) is 43.7 Å².